The molecule has 0 fully saturated rings. The molecule has 3 nitrogen and oxygen atoms in total. The van der Waals surface area contributed by atoms with Gasteiger partial charge in [-0.1, -0.05) is 127 Å². The Hall–Kier alpha value is -7.10. The zero-order chi connectivity index (χ0) is 34.6. The molecule has 0 atom stereocenters. The van der Waals surface area contributed by atoms with Crippen LogP contribution in [-0.4, -0.2) is 0 Å². The fraction of sp³-hybridized carbons (Fsp3) is 0. The maximum Gasteiger partial charge on any atom is 0.143 e. The molecule has 3 aromatic heterocycles. The molecule has 246 valence electrons. The summed E-state index contributed by atoms with van der Waals surface area (Å²) in [5, 5.41) is 12.5. The first-order chi connectivity index (χ1) is 26.3. The Bertz CT molecular complexity index is 3390. The zero-order valence-electron chi connectivity index (χ0n) is 28.4. The van der Waals surface area contributed by atoms with Crippen molar-refractivity contribution in [2.45, 2.75) is 0 Å². The van der Waals surface area contributed by atoms with Gasteiger partial charge in [-0.05, 0) is 91.1 Å². The van der Waals surface area contributed by atoms with E-state index in [9.17, 15) is 0 Å². The lowest BCUT2D eigenvalue weighted by Crippen LogP contribution is -1.92. The first-order valence-electron chi connectivity index (χ1n) is 18.0. The molecule has 0 saturated carbocycles. The van der Waals surface area contributed by atoms with E-state index in [4.69, 9.17) is 13.3 Å². The van der Waals surface area contributed by atoms with Gasteiger partial charge in [-0.15, -0.1) is 0 Å². The van der Waals surface area contributed by atoms with Gasteiger partial charge in [0.15, 0.2) is 0 Å². The van der Waals surface area contributed by atoms with Gasteiger partial charge in [-0.25, -0.2) is 0 Å². The smallest absolute Gasteiger partial charge is 0.143 e. The average molecular weight is 677 g/mol. The van der Waals surface area contributed by atoms with Crippen molar-refractivity contribution in [1.29, 1.82) is 0 Å². The lowest BCUT2D eigenvalue weighted by Gasteiger charge is -2.19. The summed E-state index contributed by atoms with van der Waals surface area (Å²) in [5.41, 5.74) is 11.4. The molecule has 3 heterocycles. The van der Waals surface area contributed by atoms with E-state index < -0.39 is 0 Å². The van der Waals surface area contributed by atoms with E-state index in [1.54, 1.807) is 0 Å². The van der Waals surface area contributed by atoms with Crippen LogP contribution in [0.25, 0.3) is 121 Å². The van der Waals surface area contributed by atoms with Crippen molar-refractivity contribution in [2.24, 2.45) is 0 Å². The van der Waals surface area contributed by atoms with Crippen molar-refractivity contribution in [1.82, 2.24) is 0 Å². The molecule has 12 aromatic rings. The van der Waals surface area contributed by atoms with Crippen LogP contribution in [0.2, 0.25) is 0 Å². The Morgan fingerprint density at radius 1 is 0.283 bits per heavy atom. The molecular weight excluding hydrogens is 649 g/mol. The maximum absolute atomic E-state index is 6.51. The number of rotatable bonds is 3. The van der Waals surface area contributed by atoms with Gasteiger partial charge in [0.2, 0.25) is 0 Å². The third-order valence-corrected chi connectivity index (χ3v) is 11.1. The Labute approximate surface area is 302 Å². The normalized spacial score (nSPS) is 12.2. The van der Waals surface area contributed by atoms with Gasteiger partial charge in [0.1, 0.15) is 27.9 Å². The molecule has 0 aliphatic heterocycles. The lowest BCUT2D eigenvalue weighted by atomic mass is 9.84. The van der Waals surface area contributed by atoms with Gasteiger partial charge < -0.3 is 13.3 Å². The minimum atomic E-state index is 0.847. The van der Waals surface area contributed by atoms with Crippen LogP contribution >= 0.6 is 0 Å². The van der Waals surface area contributed by atoms with E-state index in [2.05, 4.69) is 152 Å². The Morgan fingerprint density at radius 2 is 0.868 bits per heavy atom. The number of hydrogen-bond donors (Lipinski definition) is 0. The van der Waals surface area contributed by atoms with Crippen LogP contribution in [0, 0.1) is 0 Å². The Kier molecular flexibility index (Phi) is 5.77. The molecule has 0 bridgehead atoms. The predicted octanol–water partition coefficient (Wildman–Crippen LogP) is 14.7. The fourth-order valence-corrected chi connectivity index (χ4v) is 8.78. The minimum Gasteiger partial charge on any atom is -0.464 e. The highest BCUT2D eigenvalue weighted by Gasteiger charge is 2.22. The summed E-state index contributed by atoms with van der Waals surface area (Å²) in [6.07, 6.45) is 1.85. The zero-order valence-corrected chi connectivity index (χ0v) is 28.4. The van der Waals surface area contributed by atoms with E-state index >= 15 is 0 Å². The summed E-state index contributed by atoms with van der Waals surface area (Å²) >= 11 is 0. The van der Waals surface area contributed by atoms with Crippen molar-refractivity contribution in [3.63, 3.8) is 0 Å². The summed E-state index contributed by atoms with van der Waals surface area (Å²) < 4.78 is 19.2. The molecule has 0 saturated heterocycles. The van der Waals surface area contributed by atoms with Gasteiger partial charge >= 0.3 is 0 Å². The highest BCUT2D eigenvalue weighted by atomic mass is 16.3. The van der Waals surface area contributed by atoms with E-state index in [1.807, 2.05) is 18.4 Å². The Balaban J connectivity index is 1.13. The van der Waals surface area contributed by atoms with Gasteiger partial charge in [-0.3, -0.25) is 0 Å². The number of para-hydroxylation sites is 1. The first kappa shape index (κ1) is 28.6. The van der Waals surface area contributed by atoms with Gasteiger partial charge in [0.05, 0.1) is 6.26 Å². The molecule has 0 aliphatic rings. The van der Waals surface area contributed by atoms with Crippen LogP contribution in [0.3, 0.4) is 0 Å². The summed E-state index contributed by atoms with van der Waals surface area (Å²) in [6, 6.07) is 58.3. The Morgan fingerprint density at radius 3 is 1.62 bits per heavy atom. The summed E-state index contributed by atoms with van der Waals surface area (Å²) in [5.74, 6) is 0. The monoisotopic (exact) mass is 676 g/mol. The number of hydrogen-bond acceptors (Lipinski definition) is 3. The third-order valence-electron chi connectivity index (χ3n) is 11.1. The van der Waals surface area contributed by atoms with E-state index in [0.717, 1.165) is 76.9 Å². The average Bonchev–Trinajstić information content (AvgIpc) is 3.92. The first-order valence-corrected chi connectivity index (χ1v) is 18.0. The molecule has 3 heteroatoms. The SMILES string of the molecule is c1ccc(-c2coc3cc4c(cc23)oc2ccc(-c3c5ccccc5c(-c5cc6c7ccccc7oc6c6ccccc56)c5ccccc35)cc24)cc1. The van der Waals surface area contributed by atoms with Crippen LogP contribution < -0.4 is 0 Å². The van der Waals surface area contributed by atoms with Crippen molar-refractivity contribution in [2.75, 3.05) is 0 Å². The third kappa shape index (κ3) is 4.05. The molecule has 0 unspecified atom stereocenters. The molecule has 0 N–H and O–H groups in total. The summed E-state index contributed by atoms with van der Waals surface area (Å²) in [4.78, 5) is 0. The molecule has 12 rings (SSSR count). The standard InChI is InChI=1S/C50H28O3/c1-2-12-29(13-3-1)43-28-51-46-26-39-38-24-30(22-23-45(38)52-47(39)27-40(43)46)48-33-16-5-7-18-35(33)49(36-19-8-6-17-34(36)48)41-25-42-32-15-10-11-21-44(32)53-50(42)37-20-9-4-14-31(37)41/h1-28H. The second kappa shape index (κ2) is 10.7. The highest BCUT2D eigenvalue weighted by Crippen LogP contribution is 2.48. The van der Waals surface area contributed by atoms with E-state index in [-0.39, 0.29) is 0 Å². The lowest BCUT2D eigenvalue weighted by molar-refractivity contribution is 0.617. The van der Waals surface area contributed by atoms with Gasteiger partial charge in [0.25, 0.3) is 0 Å². The van der Waals surface area contributed by atoms with Crippen LogP contribution in [0.1, 0.15) is 0 Å². The second-order valence-corrected chi connectivity index (χ2v) is 14.0. The number of benzene rings is 9. The fourth-order valence-electron chi connectivity index (χ4n) is 8.78. The molecule has 9 aromatic carbocycles. The largest absolute Gasteiger partial charge is 0.464 e. The predicted molar refractivity (Wildman–Crippen MR) is 220 cm³/mol. The molecule has 0 spiro atoms. The van der Waals surface area contributed by atoms with Crippen molar-refractivity contribution in [3.05, 3.63) is 170 Å². The topological polar surface area (TPSA) is 39.4 Å². The molecule has 0 radical (unpaired) electrons. The second-order valence-electron chi connectivity index (χ2n) is 14.0. The molecule has 0 amide bonds. The van der Waals surface area contributed by atoms with E-state index in [1.165, 1.54) is 43.6 Å². The number of furan rings is 3. The van der Waals surface area contributed by atoms with Gasteiger partial charge in [-0.2, -0.15) is 0 Å². The van der Waals surface area contributed by atoms with Crippen molar-refractivity contribution < 1.29 is 13.3 Å². The highest BCUT2D eigenvalue weighted by molar-refractivity contribution is 6.27. The minimum absolute atomic E-state index is 0.847. The van der Waals surface area contributed by atoms with E-state index in [0.29, 0.717) is 0 Å². The van der Waals surface area contributed by atoms with Crippen molar-refractivity contribution >= 4 is 87.2 Å². The van der Waals surface area contributed by atoms with Crippen LogP contribution in [0.4, 0.5) is 0 Å². The molecular formula is C50H28O3. The molecule has 0 aliphatic carbocycles. The van der Waals surface area contributed by atoms with Crippen molar-refractivity contribution in [3.8, 4) is 33.4 Å². The van der Waals surface area contributed by atoms with Crippen LogP contribution in [0.5, 0.6) is 0 Å². The summed E-state index contributed by atoms with van der Waals surface area (Å²) in [7, 11) is 0. The maximum atomic E-state index is 6.51. The van der Waals surface area contributed by atoms with Gasteiger partial charge in [0, 0.05) is 37.9 Å². The summed E-state index contributed by atoms with van der Waals surface area (Å²) in [6.45, 7) is 0. The number of fused-ring (bicyclic) bond motifs is 11. The quantitative estimate of drug-likeness (QED) is 0.175. The van der Waals surface area contributed by atoms with Crippen LogP contribution in [-0.2, 0) is 0 Å². The van der Waals surface area contributed by atoms with Crippen LogP contribution in [0.15, 0.2) is 183 Å². The molecule has 53 heavy (non-hydrogen) atoms.